The van der Waals surface area contributed by atoms with Crippen LogP contribution >= 0.6 is 11.8 Å². The van der Waals surface area contributed by atoms with Gasteiger partial charge in [-0.1, -0.05) is 36.4 Å². The molecule has 1 unspecified atom stereocenters. The molecule has 1 aromatic heterocycles. The average molecular weight is 412 g/mol. The van der Waals surface area contributed by atoms with Crippen molar-refractivity contribution in [3.8, 4) is 0 Å². The van der Waals surface area contributed by atoms with E-state index in [-0.39, 0.29) is 12.4 Å². The topological polar surface area (TPSA) is 132 Å². The van der Waals surface area contributed by atoms with Gasteiger partial charge in [0.1, 0.15) is 0 Å². The average Bonchev–Trinajstić information content (AvgIpc) is 2.72. The van der Waals surface area contributed by atoms with E-state index in [0.717, 1.165) is 4.42 Å². The minimum atomic E-state index is -1.02. The molecule has 1 heterocycles. The third-order valence-electron chi connectivity index (χ3n) is 4.31. The Morgan fingerprint density at radius 3 is 2.59 bits per heavy atom. The van der Waals surface area contributed by atoms with Gasteiger partial charge in [-0.3, -0.25) is 20.0 Å². The van der Waals surface area contributed by atoms with Crippen molar-refractivity contribution in [3.05, 3.63) is 72.1 Å². The molecule has 0 saturated carbocycles. The van der Waals surface area contributed by atoms with Crippen LogP contribution in [0.2, 0.25) is 0 Å². The summed E-state index contributed by atoms with van der Waals surface area (Å²) in [6, 6.07) is 13.1. The van der Waals surface area contributed by atoms with Gasteiger partial charge in [-0.05, 0) is 17.7 Å². The van der Waals surface area contributed by atoms with E-state index in [1.165, 1.54) is 6.20 Å². The minimum absolute atomic E-state index is 0.241. The molecule has 0 aliphatic rings. The van der Waals surface area contributed by atoms with E-state index in [1.54, 1.807) is 48.7 Å². The lowest BCUT2D eigenvalue weighted by Gasteiger charge is -2.18. The zero-order valence-electron chi connectivity index (χ0n) is 15.2. The summed E-state index contributed by atoms with van der Waals surface area (Å²) in [7, 11) is 0. The number of benzene rings is 2. The number of guanidine groups is 1. The molecule has 2 aromatic carbocycles. The Morgan fingerprint density at radius 2 is 1.93 bits per heavy atom. The maximum Gasteiger partial charge on any atom is 0.305 e. The second-order valence-corrected chi connectivity index (χ2v) is 6.63. The van der Waals surface area contributed by atoms with Crippen LogP contribution in [0.1, 0.15) is 28.4 Å². The van der Waals surface area contributed by atoms with Crippen molar-refractivity contribution in [2.45, 2.75) is 12.5 Å². The number of carboxylic acid groups (broad SMARTS) is 1. The first kappa shape index (κ1) is 20.1. The number of halogens is 1. The Hall–Kier alpha value is -3.65. The number of rotatable bonds is 6. The summed E-state index contributed by atoms with van der Waals surface area (Å²) in [6.07, 6.45) is 2.79. The predicted molar refractivity (Wildman–Crippen MR) is 111 cm³/mol. The fraction of sp³-hybridized carbons (Fsp3) is 0.100. The first-order valence-electron chi connectivity index (χ1n) is 8.62. The number of hydrogen-bond acceptors (Lipinski definition) is 4. The minimum Gasteiger partial charge on any atom is -0.481 e. The second-order valence-electron chi connectivity index (χ2n) is 6.30. The molecule has 0 saturated heterocycles. The number of aromatic nitrogens is 1. The van der Waals surface area contributed by atoms with Gasteiger partial charge in [-0.15, -0.1) is 0 Å². The van der Waals surface area contributed by atoms with E-state index in [4.69, 9.17) is 22.9 Å². The van der Waals surface area contributed by atoms with Gasteiger partial charge in [0.25, 0.3) is 5.91 Å². The van der Waals surface area contributed by atoms with E-state index < -0.39 is 17.9 Å². The number of carbonyl (C=O) groups excluding carboxylic acids is 1. The number of carbonyl (C=O) groups is 2. The van der Waals surface area contributed by atoms with Crippen molar-refractivity contribution in [2.75, 3.05) is 4.42 Å². The van der Waals surface area contributed by atoms with Crippen LogP contribution < -0.4 is 15.5 Å². The highest BCUT2D eigenvalue weighted by atomic mass is 35.5. The molecule has 0 radical (unpaired) electrons. The van der Waals surface area contributed by atoms with Gasteiger partial charge < -0.3 is 16.2 Å². The molecular weight excluding hydrogens is 394 g/mol. The molecule has 1 atom stereocenters. The maximum atomic E-state index is 12.8. The van der Waals surface area contributed by atoms with E-state index in [2.05, 4.69) is 10.3 Å². The van der Waals surface area contributed by atoms with Gasteiger partial charge in [-0.25, -0.2) is 4.42 Å². The number of nitrogens with one attached hydrogen (secondary N) is 2. The monoisotopic (exact) mass is 411 g/mol. The van der Waals surface area contributed by atoms with E-state index in [9.17, 15) is 14.7 Å². The summed E-state index contributed by atoms with van der Waals surface area (Å²) in [4.78, 5) is 28.1. The summed E-state index contributed by atoms with van der Waals surface area (Å²) >= 11 is 6.02. The molecule has 8 nitrogen and oxygen atoms in total. The lowest BCUT2D eigenvalue weighted by Crippen LogP contribution is -2.30. The Labute approximate surface area is 171 Å². The second kappa shape index (κ2) is 8.57. The van der Waals surface area contributed by atoms with Crippen LogP contribution in [0.5, 0.6) is 0 Å². The molecule has 3 rings (SSSR count). The molecule has 29 heavy (non-hydrogen) atoms. The Balaban J connectivity index is 1.90. The van der Waals surface area contributed by atoms with Gasteiger partial charge >= 0.3 is 5.97 Å². The number of nitrogens with two attached hydrogens (primary N) is 1. The molecule has 9 heteroatoms. The predicted octanol–water partition coefficient (Wildman–Crippen LogP) is 3.03. The Morgan fingerprint density at radius 1 is 1.21 bits per heavy atom. The smallest absolute Gasteiger partial charge is 0.305 e. The lowest BCUT2D eigenvalue weighted by atomic mass is 10.0. The van der Waals surface area contributed by atoms with Gasteiger partial charge in [0, 0.05) is 34.3 Å². The lowest BCUT2D eigenvalue weighted by molar-refractivity contribution is -0.137. The van der Waals surface area contributed by atoms with Gasteiger partial charge in [0.2, 0.25) is 5.96 Å². The van der Waals surface area contributed by atoms with Crippen molar-refractivity contribution in [1.82, 2.24) is 10.3 Å². The van der Waals surface area contributed by atoms with E-state index >= 15 is 0 Å². The van der Waals surface area contributed by atoms with E-state index in [0.29, 0.717) is 27.6 Å². The van der Waals surface area contributed by atoms with Crippen LogP contribution in [-0.4, -0.2) is 27.9 Å². The number of nitrogens with zero attached hydrogens (tertiary/aromatic N) is 2. The summed E-state index contributed by atoms with van der Waals surface area (Å²) in [5.74, 6) is -1.79. The number of anilines is 1. The number of aliphatic carboxylic acids is 1. The number of pyridine rings is 1. The summed E-state index contributed by atoms with van der Waals surface area (Å²) < 4.78 is 0.966. The zero-order chi connectivity index (χ0) is 21.0. The SMILES string of the molecule is N=C(N)N(Cl)c1cncc2cc(C(=O)NC(CC(=O)O)c3ccccc3)ccc12. The van der Waals surface area contributed by atoms with Crippen LogP contribution in [-0.2, 0) is 4.79 Å². The van der Waals surface area contributed by atoms with Crippen LogP contribution in [0.15, 0.2) is 60.9 Å². The van der Waals surface area contributed by atoms with Crippen LogP contribution in [0.3, 0.4) is 0 Å². The molecule has 0 bridgehead atoms. The van der Waals surface area contributed by atoms with Crippen LogP contribution in [0.25, 0.3) is 10.8 Å². The van der Waals surface area contributed by atoms with E-state index in [1.807, 2.05) is 6.07 Å². The van der Waals surface area contributed by atoms with Crippen molar-refractivity contribution < 1.29 is 14.7 Å². The van der Waals surface area contributed by atoms with Crippen LogP contribution in [0, 0.1) is 5.41 Å². The van der Waals surface area contributed by atoms with Crippen molar-refractivity contribution in [2.24, 2.45) is 5.73 Å². The van der Waals surface area contributed by atoms with Crippen LogP contribution in [0.4, 0.5) is 5.69 Å². The molecule has 148 valence electrons. The Bertz CT molecular complexity index is 1070. The largest absolute Gasteiger partial charge is 0.481 e. The molecular formula is C20H18ClN5O3. The normalized spacial score (nSPS) is 11.6. The summed E-state index contributed by atoms with van der Waals surface area (Å²) in [5, 5.41) is 20.7. The van der Waals surface area contributed by atoms with Crippen molar-refractivity contribution >= 4 is 46.1 Å². The highest BCUT2D eigenvalue weighted by Gasteiger charge is 2.19. The van der Waals surface area contributed by atoms with Crippen molar-refractivity contribution in [1.29, 1.82) is 5.41 Å². The first-order chi connectivity index (χ1) is 13.9. The molecule has 1 amide bonds. The quantitative estimate of drug-likeness (QED) is 0.280. The third kappa shape index (κ3) is 4.61. The molecule has 0 aliphatic carbocycles. The molecule has 0 fully saturated rings. The first-order valence-corrected chi connectivity index (χ1v) is 8.96. The fourth-order valence-electron chi connectivity index (χ4n) is 2.94. The number of hydrogen-bond donors (Lipinski definition) is 4. The van der Waals surface area contributed by atoms with Gasteiger partial charge in [-0.2, -0.15) is 0 Å². The zero-order valence-corrected chi connectivity index (χ0v) is 15.9. The summed E-state index contributed by atoms with van der Waals surface area (Å²) in [5.41, 5.74) is 6.88. The molecule has 3 aromatic rings. The van der Waals surface area contributed by atoms with Gasteiger partial charge in [0.05, 0.1) is 24.3 Å². The standard InChI is InChI=1S/C20H18ClN5O3/c21-26(20(22)23)17-11-24-10-14-8-13(6-7-15(14)17)19(29)25-16(9-18(27)28)12-4-2-1-3-5-12/h1-8,10-11,16H,9H2,(H3,22,23)(H,25,29)(H,27,28). The number of amides is 1. The fourth-order valence-corrected chi connectivity index (χ4v) is 3.08. The Kier molecular flexibility index (Phi) is 5.94. The molecule has 0 spiro atoms. The number of carboxylic acids is 1. The van der Waals surface area contributed by atoms with Gasteiger partial charge in [0.15, 0.2) is 0 Å². The van der Waals surface area contributed by atoms with Crippen molar-refractivity contribution in [3.63, 3.8) is 0 Å². The molecule has 5 N–H and O–H groups in total. The summed E-state index contributed by atoms with van der Waals surface area (Å²) in [6.45, 7) is 0. The maximum absolute atomic E-state index is 12.8. The number of fused-ring (bicyclic) bond motifs is 1. The molecule has 0 aliphatic heterocycles. The highest BCUT2D eigenvalue weighted by Crippen LogP contribution is 2.28. The highest BCUT2D eigenvalue weighted by molar-refractivity contribution is 6.38. The third-order valence-corrected chi connectivity index (χ3v) is 4.67.